The van der Waals surface area contributed by atoms with E-state index in [9.17, 15) is 30.8 Å². The Hall–Kier alpha value is -2.70. The molecule has 154 valence electrons. The van der Waals surface area contributed by atoms with Crippen LogP contribution < -0.4 is 14.7 Å². The Balaban J connectivity index is 2.09. The zero-order valence-corrected chi connectivity index (χ0v) is 16.2. The van der Waals surface area contributed by atoms with Gasteiger partial charge in [0, 0.05) is 10.9 Å². The molecule has 0 radical (unpaired) electrons. The van der Waals surface area contributed by atoms with Gasteiger partial charge in [-0.15, -0.1) is 13.2 Å². The molecule has 0 unspecified atom stereocenters. The molecule has 0 aliphatic carbocycles. The third-order valence-electron chi connectivity index (χ3n) is 3.87. The molecule has 3 aromatic rings. The minimum Gasteiger partial charge on any atom is -0.406 e. The summed E-state index contributed by atoms with van der Waals surface area (Å²) in [5.74, 6) is -1.52. The highest BCUT2D eigenvalue weighted by molar-refractivity contribution is 7.89. The number of hydrogen-bond acceptors (Lipinski definition) is 5. The first-order chi connectivity index (χ1) is 13.4. The number of halogens is 4. The van der Waals surface area contributed by atoms with Gasteiger partial charge in [-0.2, -0.15) is 0 Å². The van der Waals surface area contributed by atoms with Crippen molar-refractivity contribution in [1.82, 2.24) is 4.57 Å². The summed E-state index contributed by atoms with van der Waals surface area (Å²) in [4.78, 5) is 11.1. The fraction of sp³-hybridized carbons (Fsp3) is 0.118. The van der Waals surface area contributed by atoms with Crippen LogP contribution in [-0.2, 0) is 10.0 Å². The topological polar surface area (TPSA) is 91.4 Å². The Morgan fingerprint density at radius 1 is 1.14 bits per heavy atom. The van der Waals surface area contributed by atoms with Crippen molar-refractivity contribution in [2.75, 3.05) is 0 Å². The van der Waals surface area contributed by atoms with E-state index in [1.54, 1.807) is 0 Å². The van der Waals surface area contributed by atoms with Gasteiger partial charge in [0.1, 0.15) is 16.5 Å². The summed E-state index contributed by atoms with van der Waals surface area (Å²) >= 11 is 0.787. The number of ether oxygens (including phenoxy) is 1. The number of primary sulfonamides is 1. The minimum absolute atomic E-state index is 0.125. The maximum atomic E-state index is 14.2. The normalized spacial score (nSPS) is 12.2. The van der Waals surface area contributed by atoms with Crippen molar-refractivity contribution < 1.29 is 30.7 Å². The fourth-order valence-electron chi connectivity index (χ4n) is 2.65. The molecule has 0 fully saturated rings. The number of aromatic nitrogens is 1. The average molecular weight is 448 g/mol. The second-order valence-electron chi connectivity index (χ2n) is 5.91. The van der Waals surface area contributed by atoms with E-state index >= 15 is 0 Å². The van der Waals surface area contributed by atoms with Crippen molar-refractivity contribution in [2.24, 2.45) is 5.14 Å². The van der Waals surface area contributed by atoms with E-state index in [1.165, 1.54) is 35.1 Å². The van der Waals surface area contributed by atoms with E-state index in [1.807, 2.05) is 0 Å². The molecule has 2 N–H and O–H groups in total. The number of nitrogens with zero attached hydrogens (tertiary/aromatic N) is 1. The summed E-state index contributed by atoms with van der Waals surface area (Å²) in [5, 5.41) is 6.35. The molecule has 3 rings (SSSR count). The highest BCUT2D eigenvalue weighted by Gasteiger charge is 2.31. The molecule has 29 heavy (non-hydrogen) atoms. The van der Waals surface area contributed by atoms with Gasteiger partial charge in [-0.3, -0.25) is 9.36 Å². The molecule has 0 bridgehead atoms. The molecule has 2 aromatic carbocycles. The number of nitrogens with two attached hydrogens (primary N) is 1. The van der Waals surface area contributed by atoms with Gasteiger partial charge >= 0.3 is 11.2 Å². The molecule has 1 aromatic heterocycles. The van der Waals surface area contributed by atoms with Crippen LogP contribution in [0.2, 0.25) is 0 Å². The van der Waals surface area contributed by atoms with Gasteiger partial charge in [0.05, 0.1) is 11.4 Å². The van der Waals surface area contributed by atoms with E-state index in [0.29, 0.717) is 0 Å². The third-order valence-corrected chi connectivity index (χ3v) is 5.54. The van der Waals surface area contributed by atoms with Crippen LogP contribution in [0, 0.1) is 12.7 Å². The summed E-state index contributed by atoms with van der Waals surface area (Å²) < 4.78 is 79.3. The molecule has 0 spiro atoms. The van der Waals surface area contributed by atoms with Crippen LogP contribution in [0.5, 0.6) is 5.75 Å². The van der Waals surface area contributed by atoms with E-state index in [2.05, 4.69) is 4.74 Å². The molecule has 0 atom stereocenters. The molecule has 0 aliphatic heterocycles. The Kier molecular flexibility index (Phi) is 5.28. The van der Waals surface area contributed by atoms with Gasteiger partial charge < -0.3 is 4.74 Å². The molecule has 12 heteroatoms. The lowest BCUT2D eigenvalue weighted by Crippen LogP contribution is -2.18. The Bertz CT molecular complexity index is 1250. The van der Waals surface area contributed by atoms with Crippen LogP contribution in [0.4, 0.5) is 17.6 Å². The molecule has 0 saturated carbocycles. The second kappa shape index (κ2) is 7.28. The largest absolute Gasteiger partial charge is 0.573 e. The first-order valence-corrected chi connectivity index (χ1v) is 10.2. The van der Waals surface area contributed by atoms with E-state index < -0.39 is 37.7 Å². The predicted octanol–water partition coefficient (Wildman–Crippen LogP) is 3.56. The Morgan fingerprint density at radius 3 is 2.38 bits per heavy atom. The quantitative estimate of drug-likeness (QED) is 0.618. The molecule has 6 nitrogen and oxygen atoms in total. The maximum Gasteiger partial charge on any atom is 0.573 e. The van der Waals surface area contributed by atoms with Crippen LogP contribution in [0.1, 0.15) is 5.56 Å². The lowest BCUT2D eigenvalue weighted by atomic mass is 10.1. The smallest absolute Gasteiger partial charge is 0.406 e. The third kappa shape index (κ3) is 4.49. The standard InChI is InChI=1S/C17H12F4N2O4S2/c1-9-6-11(3-4-14(9)27-17(19,20)21)23-13(8-28-16(23)24)10-2-5-15(12(18)7-10)29(22,25)26/h2-8H,1H3,(H2,22,25,26). The summed E-state index contributed by atoms with van der Waals surface area (Å²) in [5.41, 5.74) is 0.763. The van der Waals surface area contributed by atoms with Gasteiger partial charge in [-0.05, 0) is 42.8 Å². The summed E-state index contributed by atoms with van der Waals surface area (Å²) in [6.45, 7) is 1.38. The van der Waals surface area contributed by atoms with Crippen LogP contribution in [0.3, 0.4) is 0 Å². The number of benzene rings is 2. The summed E-state index contributed by atoms with van der Waals surface area (Å²) in [6, 6.07) is 6.78. The molecule has 0 aliphatic rings. The van der Waals surface area contributed by atoms with Crippen LogP contribution in [-0.4, -0.2) is 19.3 Å². The number of aryl methyl sites for hydroxylation is 1. The van der Waals surface area contributed by atoms with Crippen molar-refractivity contribution >= 4 is 21.4 Å². The van der Waals surface area contributed by atoms with Crippen molar-refractivity contribution in [1.29, 1.82) is 0 Å². The van der Waals surface area contributed by atoms with Crippen LogP contribution >= 0.6 is 11.3 Å². The predicted molar refractivity (Wildman–Crippen MR) is 98.1 cm³/mol. The van der Waals surface area contributed by atoms with Gasteiger partial charge in [0.25, 0.3) is 0 Å². The Labute approximate surface area is 165 Å². The van der Waals surface area contributed by atoms with Crippen LogP contribution in [0.15, 0.2) is 51.5 Å². The van der Waals surface area contributed by atoms with Gasteiger partial charge in [-0.25, -0.2) is 17.9 Å². The lowest BCUT2D eigenvalue weighted by molar-refractivity contribution is -0.274. The van der Waals surface area contributed by atoms with E-state index in [4.69, 9.17) is 5.14 Å². The fourth-order valence-corrected chi connectivity index (χ4v) is 4.01. The van der Waals surface area contributed by atoms with Gasteiger partial charge in [0.15, 0.2) is 0 Å². The lowest BCUT2D eigenvalue weighted by Gasteiger charge is -2.14. The SMILES string of the molecule is Cc1cc(-n2c(-c3ccc(S(N)(=O)=O)c(F)c3)csc2=O)ccc1OC(F)(F)F. The van der Waals surface area contributed by atoms with Gasteiger partial charge in [-0.1, -0.05) is 17.4 Å². The van der Waals surface area contributed by atoms with Crippen LogP contribution in [0.25, 0.3) is 16.9 Å². The monoisotopic (exact) mass is 448 g/mol. The molecular weight excluding hydrogens is 436 g/mol. The van der Waals surface area contributed by atoms with Gasteiger partial charge in [0.2, 0.25) is 10.0 Å². The minimum atomic E-state index is -4.86. The zero-order chi connectivity index (χ0) is 21.6. The first kappa shape index (κ1) is 21.0. The number of rotatable bonds is 4. The number of alkyl halides is 3. The highest BCUT2D eigenvalue weighted by Crippen LogP contribution is 2.30. The highest BCUT2D eigenvalue weighted by atomic mass is 32.2. The molecular formula is C17H12F4N2O4S2. The average Bonchev–Trinajstić information content (AvgIpc) is 2.96. The molecule has 1 heterocycles. The van der Waals surface area contributed by atoms with Crippen molar-refractivity contribution in [2.45, 2.75) is 18.2 Å². The summed E-state index contributed by atoms with van der Waals surface area (Å²) in [6.07, 6.45) is -4.86. The van der Waals surface area contributed by atoms with Crippen molar-refractivity contribution in [3.63, 3.8) is 0 Å². The number of sulfonamides is 1. The zero-order valence-electron chi connectivity index (χ0n) is 14.5. The molecule has 0 amide bonds. The van der Waals surface area contributed by atoms with E-state index in [-0.39, 0.29) is 22.5 Å². The van der Waals surface area contributed by atoms with Crippen molar-refractivity contribution in [3.8, 4) is 22.7 Å². The number of hydrogen-bond donors (Lipinski definition) is 1. The molecule has 0 saturated heterocycles. The van der Waals surface area contributed by atoms with Crippen molar-refractivity contribution in [3.05, 3.63) is 62.8 Å². The number of thiazole rings is 1. The first-order valence-electron chi connectivity index (χ1n) is 7.77. The second-order valence-corrected chi connectivity index (χ2v) is 8.26. The van der Waals surface area contributed by atoms with E-state index in [0.717, 1.165) is 29.5 Å². The summed E-state index contributed by atoms with van der Waals surface area (Å²) in [7, 11) is -4.26. The Morgan fingerprint density at radius 2 is 1.83 bits per heavy atom. The maximum absolute atomic E-state index is 14.2.